The molecule has 1 spiro atoms. The molecule has 12 nitrogen and oxygen atoms in total. The number of morpholine rings is 1. The molecule has 4 aliphatic rings. The van der Waals surface area contributed by atoms with Gasteiger partial charge >= 0.3 is 5.97 Å². The van der Waals surface area contributed by atoms with Crippen molar-refractivity contribution in [1.29, 1.82) is 0 Å². The standard InChI is InChI=1S/C52H47N7O5/c1-56(34-36-13-5-2-6-14-36)28-11-15-35-20-25-42-41(33-35)52(50(63)55-42)43(48(61)57-29-31-58(32-30-57)51-53-26-12-27-54-51)45-49(62)64-46(38-18-9-4-10-19-38)44(37-16-7-3-8-17-37)59(45)47(52)39-21-23-40(60)24-22-39/h2-10,12-14,16-27,33,43-47,60H,28-32,34H2,1H3,(H,55,63). The van der Waals surface area contributed by atoms with E-state index in [-0.39, 0.29) is 11.7 Å². The number of rotatable bonds is 8. The van der Waals surface area contributed by atoms with Crippen molar-refractivity contribution in [3.05, 3.63) is 185 Å². The molecule has 320 valence electrons. The highest BCUT2D eigenvalue weighted by Gasteiger charge is 2.74. The lowest BCUT2D eigenvalue weighted by atomic mass is 9.65. The quantitative estimate of drug-likeness (QED) is 0.133. The number of aromatic hydroxyl groups is 1. The second-order valence-corrected chi connectivity index (χ2v) is 16.9. The van der Waals surface area contributed by atoms with E-state index in [0.29, 0.717) is 61.0 Å². The van der Waals surface area contributed by atoms with Crippen LogP contribution in [0.4, 0.5) is 11.6 Å². The highest BCUT2D eigenvalue weighted by molar-refractivity contribution is 6.12. The van der Waals surface area contributed by atoms with Gasteiger partial charge in [-0.1, -0.05) is 115 Å². The number of carbonyl (C=O) groups excluding carboxylic acids is 3. The molecule has 0 radical (unpaired) electrons. The van der Waals surface area contributed by atoms with E-state index in [0.717, 1.165) is 17.7 Å². The number of phenols is 1. The summed E-state index contributed by atoms with van der Waals surface area (Å²) in [7, 11) is 2.02. The van der Waals surface area contributed by atoms with Gasteiger partial charge in [-0.3, -0.25) is 24.2 Å². The van der Waals surface area contributed by atoms with Gasteiger partial charge in [-0.2, -0.15) is 0 Å². The third-order valence-electron chi connectivity index (χ3n) is 13.1. The Bertz CT molecular complexity index is 2720. The SMILES string of the molecule is CN(CC#Cc1ccc2c(c1)C1(C(=O)N2)C(C(=O)N2CCN(c3ncccn3)CC2)C2C(=O)OC(c3ccccc3)C(c3ccccc3)N2C1c1ccc(O)cc1)Cc1ccccc1. The van der Waals surface area contributed by atoms with E-state index >= 15 is 14.4 Å². The Hall–Kier alpha value is -7.33. The van der Waals surface area contributed by atoms with Crippen molar-refractivity contribution < 1.29 is 24.2 Å². The third-order valence-corrected chi connectivity index (χ3v) is 13.1. The van der Waals surface area contributed by atoms with Gasteiger partial charge in [0.25, 0.3) is 0 Å². The predicted octanol–water partition coefficient (Wildman–Crippen LogP) is 6.29. The monoisotopic (exact) mass is 849 g/mol. The predicted molar refractivity (Wildman–Crippen MR) is 242 cm³/mol. The van der Waals surface area contributed by atoms with Gasteiger partial charge in [-0.05, 0) is 71.3 Å². The third kappa shape index (κ3) is 7.22. The average Bonchev–Trinajstić information content (AvgIpc) is 3.81. The zero-order valence-electron chi connectivity index (χ0n) is 35.3. The Morgan fingerprint density at radius 3 is 2.14 bits per heavy atom. The largest absolute Gasteiger partial charge is 0.508 e. The maximum absolute atomic E-state index is 15.9. The number of piperazine rings is 1. The minimum absolute atomic E-state index is 0.0473. The Morgan fingerprint density at radius 2 is 1.45 bits per heavy atom. The van der Waals surface area contributed by atoms with Crippen LogP contribution in [0, 0.1) is 17.8 Å². The maximum Gasteiger partial charge on any atom is 0.324 e. The number of nitrogens with zero attached hydrogens (tertiary/aromatic N) is 6. The van der Waals surface area contributed by atoms with Crippen molar-refractivity contribution in [2.75, 3.05) is 50.0 Å². The smallest absolute Gasteiger partial charge is 0.324 e. The first-order valence-electron chi connectivity index (χ1n) is 21.7. The van der Waals surface area contributed by atoms with Gasteiger partial charge in [-0.25, -0.2) is 9.97 Å². The average molecular weight is 850 g/mol. The molecule has 3 saturated heterocycles. The van der Waals surface area contributed by atoms with E-state index in [1.165, 1.54) is 5.56 Å². The van der Waals surface area contributed by atoms with E-state index in [1.807, 2.05) is 109 Å². The number of benzene rings is 5. The summed E-state index contributed by atoms with van der Waals surface area (Å²) in [4.78, 5) is 63.6. The number of phenolic OH excluding ortho intramolecular Hbond substituents is 1. The number of cyclic esters (lactones) is 1. The van der Waals surface area contributed by atoms with Gasteiger partial charge in [0.1, 0.15) is 23.3 Å². The molecular weight excluding hydrogens is 803 g/mol. The summed E-state index contributed by atoms with van der Waals surface area (Å²) < 4.78 is 6.59. The minimum atomic E-state index is -1.66. The number of hydrogen-bond acceptors (Lipinski definition) is 10. The lowest BCUT2D eigenvalue weighted by molar-refractivity contribution is -0.179. The molecule has 64 heavy (non-hydrogen) atoms. The zero-order chi connectivity index (χ0) is 43.8. The fraction of sp³-hybridized carbons (Fsp3) is 0.250. The summed E-state index contributed by atoms with van der Waals surface area (Å²) >= 11 is 0. The van der Waals surface area contributed by atoms with Gasteiger partial charge in [-0.15, -0.1) is 0 Å². The summed E-state index contributed by atoms with van der Waals surface area (Å²) in [6.07, 6.45) is 2.60. The summed E-state index contributed by atoms with van der Waals surface area (Å²) in [5.74, 6) is 4.77. The number of esters is 1. The highest BCUT2D eigenvalue weighted by Crippen LogP contribution is 2.65. The van der Waals surface area contributed by atoms with E-state index in [1.54, 1.807) is 47.6 Å². The van der Waals surface area contributed by atoms with Crippen molar-refractivity contribution in [1.82, 2.24) is 24.7 Å². The van der Waals surface area contributed by atoms with Crippen LogP contribution in [0.1, 0.15) is 51.6 Å². The van der Waals surface area contributed by atoms with Crippen molar-refractivity contribution in [3.63, 3.8) is 0 Å². The van der Waals surface area contributed by atoms with Crippen LogP contribution in [0.25, 0.3) is 0 Å². The second-order valence-electron chi connectivity index (χ2n) is 16.9. The summed E-state index contributed by atoms with van der Waals surface area (Å²) in [5.41, 5.74) is 3.62. The molecule has 0 bridgehead atoms. The van der Waals surface area contributed by atoms with Crippen LogP contribution in [-0.4, -0.2) is 93.4 Å². The van der Waals surface area contributed by atoms with Crippen LogP contribution in [0.5, 0.6) is 5.75 Å². The van der Waals surface area contributed by atoms with Crippen molar-refractivity contribution in [3.8, 4) is 17.6 Å². The molecule has 2 amide bonds. The molecule has 10 rings (SSSR count). The number of fused-ring (bicyclic) bond motifs is 3. The van der Waals surface area contributed by atoms with Crippen LogP contribution < -0.4 is 10.2 Å². The first-order valence-corrected chi connectivity index (χ1v) is 21.7. The maximum atomic E-state index is 15.9. The summed E-state index contributed by atoms with van der Waals surface area (Å²) in [5, 5.41) is 13.8. The Morgan fingerprint density at radius 1 is 0.797 bits per heavy atom. The fourth-order valence-electron chi connectivity index (χ4n) is 10.3. The lowest BCUT2D eigenvalue weighted by Crippen LogP contribution is -2.58. The molecule has 6 unspecified atom stereocenters. The van der Waals surface area contributed by atoms with E-state index in [2.05, 4.69) is 49.1 Å². The molecule has 0 aliphatic carbocycles. The van der Waals surface area contributed by atoms with Crippen molar-refractivity contribution >= 4 is 29.4 Å². The topological polar surface area (TPSA) is 131 Å². The molecule has 5 aromatic carbocycles. The van der Waals surface area contributed by atoms with Crippen LogP contribution >= 0.6 is 0 Å². The van der Waals surface area contributed by atoms with Gasteiger partial charge in [0.2, 0.25) is 17.8 Å². The second kappa shape index (κ2) is 17.1. The van der Waals surface area contributed by atoms with Crippen molar-refractivity contribution in [2.24, 2.45) is 5.92 Å². The number of anilines is 2. The molecule has 1 aromatic heterocycles. The van der Waals surface area contributed by atoms with E-state index in [4.69, 9.17) is 4.74 Å². The number of nitrogens with one attached hydrogen (secondary N) is 1. The van der Waals surface area contributed by atoms with Crippen molar-refractivity contribution in [2.45, 2.75) is 36.2 Å². The number of ether oxygens (including phenoxy) is 1. The Kier molecular flexibility index (Phi) is 10.9. The Labute approximate surface area is 372 Å². The highest BCUT2D eigenvalue weighted by atomic mass is 16.6. The molecule has 6 aromatic rings. The molecule has 0 saturated carbocycles. The molecular formula is C52H47N7O5. The minimum Gasteiger partial charge on any atom is -0.508 e. The molecule has 5 heterocycles. The number of aromatic nitrogens is 2. The molecule has 12 heteroatoms. The Balaban J connectivity index is 1.14. The van der Waals surface area contributed by atoms with Crippen LogP contribution in [0.15, 0.2) is 152 Å². The first-order chi connectivity index (χ1) is 31.3. The molecule has 6 atom stereocenters. The van der Waals surface area contributed by atoms with E-state index < -0.39 is 47.4 Å². The molecule has 2 N–H and O–H groups in total. The summed E-state index contributed by atoms with van der Waals surface area (Å²) in [6.45, 7) is 2.78. The van der Waals surface area contributed by atoms with Gasteiger partial charge in [0.15, 0.2) is 0 Å². The number of amides is 2. The number of carbonyl (C=O) groups is 3. The normalized spacial score (nSPS) is 23.8. The molecule has 3 fully saturated rings. The first kappa shape index (κ1) is 40.7. The van der Waals surface area contributed by atoms with Crippen LogP contribution in [0.2, 0.25) is 0 Å². The van der Waals surface area contributed by atoms with E-state index in [9.17, 15) is 5.11 Å². The van der Waals surface area contributed by atoms with Gasteiger partial charge in [0.05, 0.1) is 24.5 Å². The zero-order valence-corrected chi connectivity index (χ0v) is 35.3. The number of hydrogen-bond donors (Lipinski definition) is 2. The summed E-state index contributed by atoms with van der Waals surface area (Å²) in [6, 6.07) is 41.1. The molecule has 4 aliphatic heterocycles. The lowest BCUT2D eigenvalue weighted by Gasteiger charge is -2.46. The fourth-order valence-corrected chi connectivity index (χ4v) is 10.3. The van der Waals surface area contributed by atoms with Gasteiger partial charge in [0, 0.05) is 56.4 Å². The van der Waals surface area contributed by atoms with Crippen LogP contribution in [-0.2, 0) is 31.1 Å². The van der Waals surface area contributed by atoms with Crippen LogP contribution in [0.3, 0.4) is 0 Å². The van der Waals surface area contributed by atoms with Gasteiger partial charge < -0.3 is 25.0 Å².